The van der Waals surface area contributed by atoms with Crippen LogP contribution in [0, 0.1) is 6.92 Å². The molecule has 116 valence electrons. The lowest BCUT2D eigenvalue weighted by atomic mass is 10.1. The van der Waals surface area contributed by atoms with Crippen LogP contribution in [0.1, 0.15) is 21.5 Å². The highest BCUT2D eigenvalue weighted by Gasteiger charge is 2.15. The van der Waals surface area contributed by atoms with Crippen LogP contribution in [0.2, 0.25) is 0 Å². The second-order valence-corrected chi connectivity index (χ2v) is 6.26. The van der Waals surface area contributed by atoms with Crippen LogP contribution in [0.15, 0.2) is 59.2 Å². The van der Waals surface area contributed by atoms with E-state index >= 15 is 0 Å². The molecule has 0 aliphatic heterocycles. The number of amides is 1. The van der Waals surface area contributed by atoms with E-state index in [1.54, 1.807) is 6.20 Å². The number of aryl methyl sites for hydroxylation is 1. The Morgan fingerprint density at radius 3 is 2.83 bits per heavy atom. The number of benzene rings is 2. The van der Waals surface area contributed by atoms with Crippen LogP contribution in [-0.2, 0) is 6.54 Å². The fourth-order valence-electron chi connectivity index (χ4n) is 2.42. The zero-order valence-corrected chi connectivity index (χ0v) is 14.2. The van der Waals surface area contributed by atoms with Gasteiger partial charge in [0.05, 0.1) is 17.5 Å². The predicted molar refractivity (Wildman–Crippen MR) is 94.1 cm³/mol. The lowest BCUT2D eigenvalue weighted by Gasteiger charge is -2.07. The number of halogens is 1. The predicted octanol–water partition coefficient (Wildman–Crippen LogP) is 4.08. The Hall–Kier alpha value is -2.40. The molecule has 0 saturated carbocycles. The summed E-state index contributed by atoms with van der Waals surface area (Å²) in [4.78, 5) is 12.5. The fourth-order valence-corrected chi connectivity index (χ4v) is 2.82. The number of nitrogens with zero attached hydrogens (tertiary/aromatic N) is 1. The first-order valence-electron chi connectivity index (χ1n) is 7.26. The van der Waals surface area contributed by atoms with Gasteiger partial charge in [0.25, 0.3) is 5.91 Å². The van der Waals surface area contributed by atoms with Gasteiger partial charge in [-0.15, -0.1) is 0 Å². The third-order valence-electron chi connectivity index (χ3n) is 3.53. The number of H-pyrrole nitrogens is 1. The van der Waals surface area contributed by atoms with E-state index in [2.05, 4.69) is 37.5 Å². The lowest BCUT2D eigenvalue weighted by Crippen LogP contribution is -2.23. The van der Waals surface area contributed by atoms with Crippen molar-refractivity contribution in [2.45, 2.75) is 13.5 Å². The van der Waals surface area contributed by atoms with Crippen molar-refractivity contribution in [3.05, 3.63) is 75.9 Å². The van der Waals surface area contributed by atoms with Crippen LogP contribution in [0.25, 0.3) is 11.3 Å². The van der Waals surface area contributed by atoms with Gasteiger partial charge >= 0.3 is 0 Å². The summed E-state index contributed by atoms with van der Waals surface area (Å²) in [6.45, 7) is 2.52. The number of hydrogen-bond donors (Lipinski definition) is 2. The second kappa shape index (κ2) is 6.79. The number of rotatable bonds is 4. The topological polar surface area (TPSA) is 57.8 Å². The Labute approximate surface area is 143 Å². The van der Waals surface area contributed by atoms with E-state index in [0.29, 0.717) is 17.8 Å². The van der Waals surface area contributed by atoms with Crippen molar-refractivity contribution < 1.29 is 4.79 Å². The van der Waals surface area contributed by atoms with Crippen molar-refractivity contribution in [1.82, 2.24) is 15.5 Å². The van der Waals surface area contributed by atoms with Gasteiger partial charge in [-0.2, -0.15) is 5.10 Å². The highest BCUT2D eigenvalue weighted by Crippen LogP contribution is 2.24. The van der Waals surface area contributed by atoms with Gasteiger partial charge in [-0.25, -0.2) is 0 Å². The molecule has 1 amide bonds. The highest BCUT2D eigenvalue weighted by atomic mass is 79.9. The molecule has 0 bridgehead atoms. The molecule has 3 rings (SSSR count). The molecule has 0 aliphatic carbocycles. The van der Waals surface area contributed by atoms with Crippen molar-refractivity contribution in [3.8, 4) is 11.3 Å². The third kappa shape index (κ3) is 3.68. The Kier molecular flexibility index (Phi) is 4.57. The number of carbonyl (C=O) groups excluding carboxylic acids is 1. The van der Waals surface area contributed by atoms with Crippen molar-refractivity contribution in [2.24, 2.45) is 0 Å². The average Bonchev–Trinajstić information content (AvgIpc) is 3.02. The van der Waals surface area contributed by atoms with Gasteiger partial charge in [0.15, 0.2) is 0 Å². The molecule has 0 atom stereocenters. The highest BCUT2D eigenvalue weighted by molar-refractivity contribution is 9.10. The molecule has 4 nitrogen and oxygen atoms in total. The molecule has 5 heteroatoms. The molecule has 0 aliphatic rings. The number of carbonyl (C=O) groups is 1. The van der Waals surface area contributed by atoms with Gasteiger partial charge in [-0.1, -0.05) is 57.9 Å². The molecule has 23 heavy (non-hydrogen) atoms. The van der Waals surface area contributed by atoms with E-state index < -0.39 is 0 Å². The zero-order chi connectivity index (χ0) is 16.2. The number of hydrogen-bond acceptors (Lipinski definition) is 2. The van der Waals surface area contributed by atoms with E-state index in [0.717, 1.165) is 15.6 Å². The molecule has 0 unspecified atom stereocenters. The summed E-state index contributed by atoms with van der Waals surface area (Å²) < 4.78 is 0.954. The van der Waals surface area contributed by atoms with Gasteiger partial charge in [0.1, 0.15) is 0 Å². The standard InChI is InChI=1S/C18H16BrN3O/c1-12-4-2-5-13(8-12)10-20-18(23)16-11-21-22-17(16)14-6-3-7-15(19)9-14/h2-9,11H,10H2,1H3,(H,20,23)(H,21,22). The molecule has 1 aromatic heterocycles. The van der Waals surface area contributed by atoms with Crippen molar-refractivity contribution in [3.63, 3.8) is 0 Å². The maximum absolute atomic E-state index is 12.5. The fraction of sp³-hybridized carbons (Fsp3) is 0.111. The van der Waals surface area contributed by atoms with Crippen molar-refractivity contribution in [2.75, 3.05) is 0 Å². The van der Waals surface area contributed by atoms with E-state index in [9.17, 15) is 4.79 Å². The van der Waals surface area contributed by atoms with Crippen LogP contribution in [-0.4, -0.2) is 16.1 Å². The second-order valence-electron chi connectivity index (χ2n) is 5.34. The Balaban J connectivity index is 1.77. The Morgan fingerprint density at radius 1 is 1.22 bits per heavy atom. The molecule has 1 heterocycles. The zero-order valence-electron chi connectivity index (χ0n) is 12.6. The Morgan fingerprint density at radius 2 is 2.04 bits per heavy atom. The maximum atomic E-state index is 12.5. The van der Waals surface area contributed by atoms with Gasteiger partial charge in [-0.05, 0) is 24.6 Å². The smallest absolute Gasteiger partial charge is 0.255 e. The monoisotopic (exact) mass is 369 g/mol. The number of aromatic nitrogens is 2. The average molecular weight is 370 g/mol. The quantitative estimate of drug-likeness (QED) is 0.727. The van der Waals surface area contributed by atoms with Crippen LogP contribution >= 0.6 is 15.9 Å². The van der Waals surface area contributed by atoms with Gasteiger partial charge in [-0.3, -0.25) is 9.89 Å². The summed E-state index contributed by atoms with van der Waals surface area (Å²) in [6.07, 6.45) is 1.56. The minimum atomic E-state index is -0.143. The molecule has 0 spiro atoms. The first-order chi connectivity index (χ1) is 11.1. The molecular formula is C18H16BrN3O. The molecular weight excluding hydrogens is 354 g/mol. The molecule has 0 saturated heterocycles. The molecule has 2 N–H and O–H groups in total. The third-order valence-corrected chi connectivity index (χ3v) is 4.03. The summed E-state index contributed by atoms with van der Waals surface area (Å²) in [6, 6.07) is 15.8. The molecule has 3 aromatic rings. The summed E-state index contributed by atoms with van der Waals surface area (Å²) in [5.41, 5.74) is 4.42. The van der Waals surface area contributed by atoms with Crippen LogP contribution in [0.5, 0.6) is 0 Å². The SMILES string of the molecule is Cc1cccc(CNC(=O)c2cn[nH]c2-c2cccc(Br)c2)c1. The molecule has 0 radical (unpaired) electrons. The van der Waals surface area contributed by atoms with Crippen molar-refractivity contribution in [1.29, 1.82) is 0 Å². The number of aromatic amines is 1. The van der Waals surface area contributed by atoms with E-state index in [1.807, 2.05) is 49.4 Å². The largest absolute Gasteiger partial charge is 0.348 e. The Bertz CT molecular complexity index is 842. The minimum Gasteiger partial charge on any atom is -0.348 e. The van der Waals surface area contributed by atoms with E-state index in [-0.39, 0.29) is 5.91 Å². The van der Waals surface area contributed by atoms with Crippen LogP contribution < -0.4 is 5.32 Å². The molecule has 0 fully saturated rings. The number of nitrogens with one attached hydrogen (secondary N) is 2. The maximum Gasteiger partial charge on any atom is 0.255 e. The lowest BCUT2D eigenvalue weighted by molar-refractivity contribution is 0.0951. The van der Waals surface area contributed by atoms with E-state index in [4.69, 9.17) is 0 Å². The molecule has 2 aromatic carbocycles. The van der Waals surface area contributed by atoms with Crippen LogP contribution in [0.3, 0.4) is 0 Å². The van der Waals surface area contributed by atoms with Gasteiger partial charge in [0, 0.05) is 16.6 Å². The summed E-state index contributed by atoms with van der Waals surface area (Å²) >= 11 is 3.44. The van der Waals surface area contributed by atoms with Gasteiger partial charge < -0.3 is 5.32 Å². The summed E-state index contributed by atoms with van der Waals surface area (Å²) in [7, 11) is 0. The van der Waals surface area contributed by atoms with E-state index in [1.165, 1.54) is 5.56 Å². The minimum absolute atomic E-state index is 0.143. The van der Waals surface area contributed by atoms with Crippen LogP contribution in [0.4, 0.5) is 0 Å². The first kappa shape index (κ1) is 15.5. The van der Waals surface area contributed by atoms with Crippen molar-refractivity contribution >= 4 is 21.8 Å². The normalized spacial score (nSPS) is 10.5. The summed E-state index contributed by atoms with van der Waals surface area (Å²) in [5.74, 6) is -0.143. The van der Waals surface area contributed by atoms with Gasteiger partial charge in [0.2, 0.25) is 0 Å². The summed E-state index contributed by atoms with van der Waals surface area (Å²) in [5, 5.41) is 9.87. The first-order valence-corrected chi connectivity index (χ1v) is 8.06.